The van der Waals surface area contributed by atoms with Crippen molar-refractivity contribution in [3.63, 3.8) is 0 Å². The Hall–Kier alpha value is -4.24. The number of fused-ring (bicyclic) bond motifs is 1. The van der Waals surface area contributed by atoms with Gasteiger partial charge in [-0.1, -0.05) is 70.6 Å². The van der Waals surface area contributed by atoms with Crippen molar-refractivity contribution in [1.82, 2.24) is 31.9 Å². The van der Waals surface area contributed by atoms with Gasteiger partial charge in [-0.05, 0) is 16.3 Å². The van der Waals surface area contributed by atoms with E-state index in [-0.39, 0.29) is 31.0 Å². The molecule has 1 fully saturated rings. The lowest BCUT2D eigenvalue weighted by Crippen LogP contribution is -2.53. The molecule has 230 valence electrons. The van der Waals surface area contributed by atoms with Crippen LogP contribution in [-0.4, -0.2) is 84.7 Å². The van der Waals surface area contributed by atoms with Crippen LogP contribution in [0.25, 0.3) is 10.8 Å². The number of primary amides is 1. The highest BCUT2D eigenvalue weighted by Crippen LogP contribution is 2.23. The molecule has 1 saturated heterocycles. The van der Waals surface area contributed by atoms with Gasteiger partial charge < -0.3 is 37.6 Å². The monoisotopic (exact) mass is 629 g/mol. The summed E-state index contributed by atoms with van der Waals surface area (Å²) < 4.78 is 0. The van der Waals surface area contributed by atoms with Gasteiger partial charge >= 0.3 is 0 Å². The fourth-order valence-electron chi connectivity index (χ4n) is 4.03. The number of benzene rings is 2. The van der Waals surface area contributed by atoms with E-state index in [1.54, 1.807) is 0 Å². The van der Waals surface area contributed by atoms with Crippen molar-refractivity contribution >= 4 is 67.8 Å². The third-order valence-corrected chi connectivity index (χ3v) is 8.65. The lowest BCUT2D eigenvalue weighted by molar-refractivity contribution is -0.131. The lowest BCUT2D eigenvalue weighted by atomic mass is 10.0. The van der Waals surface area contributed by atoms with Crippen LogP contribution < -0.4 is 37.6 Å². The van der Waals surface area contributed by atoms with E-state index in [0.29, 0.717) is 5.70 Å². The first-order chi connectivity index (χ1) is 20.5. The molecule has 2 aromatic carbocycles. The maximum absolute atomic E-state index is 13.2. The Morgan fingerprint density at radius 2 is 1.53 bits per heavy atom. The highest BCUT2D eigenvalue weighted by Gasteiger charge is 2.25. The second-order valence-corrected chi connectivity index (χ2v) is 12.3. The van der Waals surface area contributed by atoms with Crippen LogP contribution in [0.15, 0.2) is 54.7 Å². The zero-order valence-corrected chi connectivity index (χ0v) is 25.2. The summed E-state index contributed by atoms with van der Waals surface area (Å²) in [5.41, 5.74) is 6.55. The Labute approximate surface area is 256 Å². The highest BCUT2D eigenvalue weighted by molar-refractivity contribution is 8.76. The first kappa shape index (κ1) is 33.3. The van der Waals surface area contributed by atoms with Gasteiger partial charge in [0.15, 0.2) is 0 Å². The van der Waals surface area contributed by atoms with Crippen molar-refractivity contribution in [1.29, 1.82) is 0 Å². The van der Waals surface area contributed by atoms with E-state index in [2.05, 4.69) is 38.5 Å². The number of hydrogen-bond donors (Lipinski definition) is 7. The Morgan fingerprint density at radius 1 is 0.884 bits per heavy atom. The predicted octanol–water partition coefficient (Wildman–Crippen LogP) is -0.927. The minimum atomic E-state index is -0.998. The summed E-state index contributed by atoms with van der Waals surface area (Å²) in [6.45, 7) is 4.37. The predicted molar refractivity (Wildman–Crippen MR) is 166 cm³/mol. The molecule has 0 saturated carbocycles. The maximum Gasteiger partial charge on any atom is 0.243 e. The minimum absolute atomic E-state index is 0.0446. The van der Waals surface area contributed by atoms with Gasteiger partial charge in [0.1, 0.15) is 18.1 Å². The van der Waals surface area contributed by atoms with Crippen LogP contribution in [0.2, 0.25) is 0 Å². The Kier molecular flexibility index (Phi) is 12.7. The Balaban J connectivity index is 1.78. The van der Waals surface area contributed by atoms with Crippen LogP contribution in [0.4, 0.5) is 0 Å². The number of rotatable bonds is 4. The summed E-state index contributed by atoms with van der Waals surface area (Å²) in [5, 5.41) is 17.7. The molecule has 1 aliphatic heterocycles. The van der Waals surface area contributed by atoms with E-state index in [4.69, 9.17) is 5.73 Å². The van der Waals surface area contributed by atoms with Crippen LogP contribution in [-0.2, 0) is 35.2 Å². The molecule has 3 unspecified atom stereocenters. The van der Waals surface area contributed by atoms with E-state index in [0.717, 1.165) is 16.3 Å². The molecule has 1 heterocycles. The first-order valence-corrected chi connectivity index (χ1v) is 15.8. The molecule has 13 nitrogen and oxygen atoms in total. The average molecular weight is 630 g/mol. The molecule has 15 heteroatoms. The third-order valence-electron chi connectivity index (χ3n) is 6.23. The molecule has 0 bridgehead atoms. The van der Waals surface area contributed by atoms with Crippen molar-refractivity contribution in [3.05, 3.63) is 60.3 Å². The van der Waals surface area contributed by atoms with Crippen molar-refractivity contribution in [2.24, 2.45) is 5.73 Å². The van der Waals surface area contributed by atoms with Gasteiger partial charge in [-0.15, -0.1) is 0 Å². The van der Waals surface area contributed by atoms with Gasteiger partial charge in [0.05, 0.1) is 19.6 Å². The van der Waals surface area contributed by atoms with Crippen LogP contribution >= 0.6 is 21.6 Å². The zero-order chi connectivity index (χ0) is 31.4. The normalized spacial score (nSPS) is 21.8. The summed E-state index contributed by atoms with van der Waals surface area (Å²) in [6, 6.07) is 10.5. The number of hydrogen-bond acceptors (Lipinski definition) is 9. The fraction of sp³-hybridized carbons (Fsp3) is 0.357. The smallest absolute Gasteiger partial charge is 0.243 e. The number of amides is 6. The van der Waals surface area contributed by atoms with Crippen molar-refractivity contribution < 1.29 is 28.8 Å². The standard InChI is InChI=1S/C28H35N7O6S2/c1-16-11-31-27(40)21(10-18-7-8-19-5-3-4-6-20(19)9-18)34-25(38)13-32-28(41)23(33-17(2)36)15-43-42-14-22(26(29)39)35-24(37)12-30-16/h3-9,21-23,30H,1,10-15H2,2H3,(H2,29,39)(H,31,40)(H,32,41)(H,33,36)(H,34,38)(H,35,37). The molecule has 3 atom stereocenters. The summed E-state index contributed by atoms with van der Waals surface area (Å²) in [7, 11) is 2.36. The van der Waals surface area contributed by atoms with E-state index in [9.17, 15) is 28.8 Å². The second kappa shape index (κ2) is 16.4. The largest absolute Gasteiger partial charge is 0.379 e. The van der Waals surface area contributed by atoms with E-state index in [1.165, 1.54) is 28.5 Å². The van der Waals surface area contributed by atoms with Gasteiger partial charge in [0, 0.05) is 30.5 Å². The topological polar surface area (TPSA) is 201 Å². The second-order valence-electron chi connectivity index (χ2n) is 9.74. The summed E-state index contributed by atoms with van der Waals surface area (Å²) in [6.07, 6.45) is 0.162. The third kappa shape index (κ3) is 11.2. The first-order valence-electron chi connectivity index (χ1n) is 13.4. The van der Waals surface area contributed by atoms with Gasteiger partial charge in [-0.3, -0.25) is 28.8 Å². The van der Waals surface area contributed by atoms with Crippen LogP contribution in [0.3, 0.4) is 0 Å². The van der Waals surface area contributed by atoms with Crippen LogP contribution in [0.5, 0.6) is 0 Å². The molecule has 1 aliphatic rings. The molecule has 3 rings (SSSR count). The van der Waals surface area contributed by atoms with E-state index < -0.39 is 60.1 Å². The molecule has 0 spiro atoms. The lowest BCUT2D eigenvalue weighted by Gasteiger charge is -2.21. The molecule has 43 heavy (non-hydrogen) atoms. The maximum atomic E-state index is 13.2. The molecular weight excluding hydrogens is 594 g/mol. The SMILES string of the molecule is C=C1CNC(=O)C(Cc2ccc3ccccc3c2)NC(=O)CNC(=O)C(NC(C)=O)CSSCC(C(N)=O)NC(=O)CN1. The summed E-state index contributed by atoms with van der Waals surface area (Å²) in [5.74, 6) is -3.22. The number of carbonyl (C=O) groups is 6. The van der Waals surface area contributed by atoms with Crippen LogP contribution in [0.1, 0.15) is 12.5 Å². The quantitative estimate of drug-likeness (QED) is 0.209. The summed E-state index contributed by atoms with van der Waals surface area (Å²) >= 11 is 0. The van der Waals surface area contributed by atoms with Gasteiger partial charge in [-0.2, -0.15) is 0 Å². The van der Waals surface area contributed by atoms with E-state index in [1.807, 2.05) is 42.5 Å². The van der Waals surface area contributed by atoms with E-state index >= 15 is 0 Å². The molecule has 0 aliphatic carbocycles. The van der Waals surface area contributed by atoms with Gasteiger partial charge in [0.2, 0.25) is 35.4 Å². The number of nitrogens with one attached hydrogen (secondary N) is 6. The summed E-state index contributed by atoms with van der Waals surface area (Å²) in [4.78, 5) is 74.9. The fourth-order valence-corrected chi connectivity index (χ4v) is 6.37. The van der Waals surface area contributed by atoms with Crippen molar-refractivity contribution in [2.45, 2.75) is 31.5 Å². The average Bonchev–Trinajstić information content (AvgIpc) is 2.97. The molecule has 8 N–H and O–H groups in total. The van der Waals surface area contributed by atoms with Crippen molar-refractivity contribution in [3.8, 4) is 0 Å². The van der Waals surface area contributed by atoms with Gasteiger partial charge in [0.25, 0.3) is 0 Å². The Morgan fingerprint density at radius 3 is 2.26 bits per heavy atom. The molecule has 2 aromatic rings. The van der Waals surface area contributed by atoms with Crippen molar-refractivity contribution in [2.75, 3.05) is 31.1 Å². The van der Waals surface area contributed by atoms with Crippen LogP contribution in [0, 0.1) is 0 Å². The Bertz CT molecular complexity index is 1390. The number of nitrogens with two attached hydrogens (primary N) is 1. The zero-order valence-electron chi connectivity index (χ0n) is 23.6. The molecular formula is C28H35N7O6S2. The minimum Gasteiger partial charge on any atom is -0.379 e. The molecule has 0 radical (unpaired) electrons. The van der Waals surface area contributed by atoms with Gasteiger partial charge in [-0.25, -0.2) is 0 Å². The molecule has 6 amide bonds. The highest BCUT2D eigenvalue weighted by atomic mass is 33.1. The molecule has 0 aromatic heterocycles. The number of carbonyl (C=O) groups excluding carboxylic acids is 6.